The summed E-state index contributed by atoms with van der Waals surface area (Å²) in [5.41, 5.74) is 0. The topological polar surface area (TPSA) is 56.1 Å². The molecule has 0 rings (SSSR count). The van der Waals surface area contributed by atoms with Gasteiger partial charge in [0.05, 0.1) is 18.7 Å². The van der Waals surface area contributed by atoms with Gasteiger partial charge in [-0.2, -0.15) is 5.26 Å². The molecule has 17 heavy (non-hydrogen) atoms. The number of nitrogens with one attached hydrogen (secondary N) is 1. The van der Waals surface area contributed by atoms with Crippen molar-refractivity contribution in [1.29, 1.82) is 5.26 Å². The number of hydrogen-bond acceptors (Lipinski definition) is 3. The zero-order chi connectivity index (χ0) is 13.4. The van der Waals surface area contributed by atoms with Crippen molar-refractivity contribution in [2.75, 3.05) is 6.54 Å². The van der Waals surface area contributed by atoms with Crippen LogP contribution in [0.3, 0.4) is 0 Å². The zero-order valence-corrected chi connectivity index (χ0v) is 11.7. The third-order valence-electron chi connectivity index (χ3n) is 3.13. The first-order valence-electron chi connectivity index (χ1n) is 6.40. The molecule has 1 unspecified atom stereocenters. The summed E-state index contributed by atoms with van der Waals surface area (Å²) in [6.45, 7) is 10.3. The number of nitrogens with zero attached hydrogens (tertiary/aromatic N) is 2. The zero-order valence-electron chi connectivity index (χ0n) is 11.7. The lowest BCUT2D eigenvalue weighted by Gasteiger charge is -2.30. The molecule has 0 aliphatic heterocycles. The second kappa shape index (κ2) is 8.08. The van der Waals surface area contributed by atoms with E-state index >= 15 is 0 Å². The van der Waals surface area contributed by atoms with Crippen LogP contribution in [-0.2, 0) is 4.79 Å². The molecule has 0 aliphatic rings. The first kappa shape index (κ1) is 15.9. The molecular weight excluding hydrogens is 214 g/mol. The van der Waals surface area contributed by atoms with Gasteiger partial charge in [-0.25, -0.2) is 0 Å². The van der Waals surface area contributed by atoms with Crippen molar-refractivity contribution in [3.8, 4) is 6.07 Å². The molecule has 0 radical (unpaired) electrons. The molecule has 1 atom stereocenters. The van der Waals surface area contributed by atoms with E-state index in [1.807, 2.05) is 25.7 Å². The summed E-state index contributed by atoms with van der Waals surface area (Å²) < 4.78 is 0. The number of hydrogen-bond donors (Lipinski definition) is 1. The van der Waals surface area contributed by atoms with Crippen molar-refractivity contribution >= 4 is 5.91 Å². The lowest BCUT2D eigenvalue weighted by atomic mass is 10.1. The van der Waals surface area contributed by atoms with Gasteiger partial charge < -0.3 is 5.32 Å². The highest BCUT2D eigenvalue weighted by Crippen LogP contribution is 2.06. The number of carbonyl (C=O) groups is 1. The minimum Gasteiger partial charge on any atom is -0.352 e. The minimum absolute atomic E-state index is 0.0163. The molecule has 0 saturated heterocycles. The Hall–Kier alpha value is -1.08. The van der Waals surface area contributed by atoms with Gasteiger partial charge in [0.25, 0.3) is 0 Å². The SMILES string of the molecule is CCC(CC)NC(=O)C(C)N(CC#N)C(C)C. The first-order chi connectivity index (χ1) is 7.97. The van der Waals surface area contributed by atoms with E-state index in [1.165, 1.54) is 0 Å². The van der Waals surface area contributed by atoms with Gasteiger partial charge in [-0.1, -0.05) is 13.8 Å². The Morgan fingerprint density at radius 3 is 2.18 bits per heavy atom. The highest BCUT2D eigenvalue weighted by molar-refractivity contribution is 5.81. The second-order valence-electron chi connectivity index (χ2n) is 4.62. The normalized spacial score (nSPS) is 12.9. The summed E-state index contributed by atoms with van der Waals surface area (Å²) in [4.78, 5) is 13.9. The molecule has 0 bridgehead atoms. The van der Waals surface area contributed by atoms with Crippen LogP contribution in [0.4, 0.5) is 0 Å². The highest BCUT2D eigenvalue weighted by Gasteiger charge is 2.24. The number of rotatable bonds is 7. The molecule has 0 aromatic rings. The van der Waals surface area contributed by atoms with Crippen LogP contribution in [0.25, 0.3) is 0 Å². The summed E-state index contributed by atoms with van der Waals surface area (Å²) in [6, 6.07) is 2.29. The van der Waals surface area contributed by atoms with Crippen molar-refractivity contribution in [1.82, 2.24) is 10.2 Å². The summed E-state index contributed by atoms with van der Waals surface area (Å²) in [7, 11) is 0. The number of amides is 1. The molecule has 1 N–H and O–H groups in total. The molecule has 1 amide bonds. The number of carbonyl (C=O) groups excluding carboxylic acids is 1. The highest BCUT2D eigenvalue weighted by atomic mass is 16.2. The van der Waals surface area contributed by atoms with E-state index in [0.29, 0.717) is 0 Å². The molecule has 98 valence electrons. The molecule has 0 heterocycles. The van der Waals surface area contributed by atoms with E-state index in [2.05, 4.69) is 25.2 Å². The number of nitriles is 1. The Labute approximate surface area is 105 Å². The van der Waals surface area contributed by atoms with Crippen molar-refractivity contribution in [3.05, 3.63) is 0 Å². The van der Waals surface area contributed by atoms with Crippen LogP contribution in [0, 0.1) is 11.3 Å². The predicted molar refractivity (Wildman–Crippen MR) is 69.4 cm³/mol. The average Bonchev–Trinajstić information content (AvgIpc) is 2.31. The van der Waals surface area contributed by atoms with E-state index in [-0.39, 0.29) is 30.6 Å². The molecule has 4 heteroatoms. The predicted octanol–water partition coefficient (Wildman–Crippen LogP) is 1.91. The van der Waals surface area contributed by atoms with Gasteiger partial charge in [0.1, 0.15) is 0 Å². The first-order valence-corrected chi connectivity index (χ1v) is 6.40. The van der Waals surface area contributed by atoms with Crippen LogP contribution in [0.5, 0.6) is 0 Å². The monoisotopic (exact) mass is 239 g/mol. The van der Waals surface area contributed by atoms with Crippen LogP contribution < -0.4 is 5.32 Å². The summed E-state index contributed by atoms with van der Waals surface area (Å²) in [5, 5.41) is 11.8. The van der Waals surface area contributed by atoms with Gasteiger partial charge in [-0.15, -0.1) is 0 Å². The standard InChI is InChI=1S/C13H25N3O/c1-6-12(7-2)15-13(17)11(5)16(9-8-14)10(3)4/h10-12H,6-7,9H2,1-5H3,(H,15,17). The lowest BCUT2D eigenvalue weighted by molar-refractivity contribution is -0.127. The third kappa shape index (κ3) is 5.18. The molecule has 0 saturated carbocycles. The van der Waals surface area contributed by atoms with Crippen LogP contribution in [0.1, 0.15) is 47.5 Å². The molecule has 0 aromatic heterocycles. The van der Waals surface area contributed by atoms with Gasteiger partial charge in [-0.3, -0.25) is 9.69 Å². The van der Waals surface area contributed by atoms with E-state index in [9.17, 15) is 4.79 Å². The van der Waals surface area contributed by atoms with Gasteiger partial charge in [-0.05, 0) is 33.6 Å². The fraction of sp³-hybridized carbons (Fsp3) is 0.846. The third-order valence-corrected chi connectivity index (χ3v) is 3.13. The Balaban J connectivity index is 4.50. The summed E-state index contributed by atoms with van der Waals surface area (Å²) in [6.07, 6.45) is 1.88. The molecule has 0 spiro atoms. The summed E-state index contributed by atoms with van der Waals surface area (Å²) >= 11 is 0. The van der Waals surface area contributed by atoms with Crippen LogP contribution in [0.2, 0.25) is 0 Å². The van der Waals surface area contributed by atoms with Gasteiger partial charge in [0, 0.05) is 12.1 Å². The van der Waals surface area contributed by atoms with Gasteiger partial charge in [0.15, 0.2) is 0 Å². The maximum absolute atomic E-state index is 12.0. The fourth-order valence-corrected chi connectivity index (χ4v) is 1.81. The van der Waals surface area contributed by atoms with Crippen molar-refractivity contribution < 1.29 is 4.79 Å². The molecule has 0 aromatic carbocycles. The van der Waals surface area contributed by atoms with E-state index in [0.717, 1.165) is 12.8 Å². The maximum atomic E-state index is 12.0. The Bertz CT molecular complexity index is 266. The van der Waals surface area contributed by atoms with Gasteiger partial charge >= 0.3 is 0 Å². The molecular formula is C13H25N3O. The minimum atomic E-state index is -0.254. The maximum Gasteiger partial charge on any atom is 0.237 e. The Morgan fingerprint density at radius 2 is 1.82 bits per heavy atom. The summed E-state index contributed by atoms with van der Waals surface area (Å²) in [5.74, 6) is 0.0163. The van der Waals surface area contributed by atoms with Crippen LogP contribution in [-0.4, -0.2) is 35.5 Å². The smallest absolute Gasteiger partial charge is 0.237 e. The second-order valence-corrected chi connectivity index (χ2v) is 4.62. The van der Waals surface area contributed by atoms with E-state index in [1.54, 1.807) is 0 Å². The largest absolute Gasteiger partial charge is 0.352 e. The van der Waals surface area contributed by atoms with Gasteiger partial charge in [0.2, 0.25) is 5.91 Å². The fourth-order valence-electron chi connectivity index (χ4n) is 1.81. The average molecular weight is 239 g/mol. The van der Waals surface area contributed by atoms with Crippen molar-refractivity contribution in [2.24, 2.45) is 0 Å². The van der Waals surface area contributed by atoms with Crippen LogP contribution in [0.15, 0.2) is 0 Å². The van der Waals surface area contributed by atoms with E-state index in [4.69, 9.17) is 5.26 Å². The lowest BCUT2D eigenvalue weighted by Crippen LogP contribution is -2.50. The van der Waals surface area contributed by atoms with Crippen molar-refractivity contribution in [3.63, 3.8) is 0 Å². The Kier molecular flexibility index (Phi) is 7.56. The molecule has 4 nitrogen and oxygen atoms in total. The molecule has 0 fully saturated rings. The van der Waals surface area contributed by atoms with Crippen molar-refractivity contribution in [2.45, 2.75) is 65.6 Å². The molecule has 0 aliphatic carbocycles. The quantitative estimate of drug-likeness (QED) is 0.690. The Morgan fingerprint density at radius 1 is 1.29 bits per heavy atom. The van der Waals surface area contributed by atoms with Crippen LogP contribution >= 0.6 is 0 Å². The van der Waals surface area contributed by atoms with E-state index < -0.39 is 0 Å².